The van der Waals surface area contributed by atoms with Crippen LogP contribution in [0.2, 0.25) is 0 Å². The second-order valence-electron chi connectivity index (χ2n) is 10.6. The molecule has 1 nitrogen and oxygen atoms in total. The SMILES string of the molecule is C=C1C(=O)CCC/C1=C/C=C1\CCCC2(C)C1CCC2C(C)CCCC(C)C. The number of ketones is 1. The van der Waals surface area contributed by atoms with Gasteiger partial charge in [-0.05, 0) is 79.6 Å². The molecular weight excluding hydrogens is 340 g/mol. The lowest BCUT2D eigenvalue weighted by Crippen LogP contribution is -2.36. The second kappa shape index (κ2) is 9.14. The highest BCUT2D eigenvalue weighted by Gasteiger charge is 2.50. The minimum Gasteiger partial charge on any atom is -0.294 e. The van der Waals surface area contributed by atoms with Crippen LogP contribution in [0.5, 0.6) is 0 Å². The first kappa shape index (κ1) is 21.6. The summed E-state index contributed by atoms with van der Waals surface area (Å²) in [6.45, 7) is 13.9. The summed E-state index contributed by atoms with van der Waals surface area (Å²) in [6.07, 6.45) is 18.3. The van der Waals surface area contributed by atoms with Crippen molar-refractivity contribution >= 4 is 5.78 Å². The molecule has 0 amide bonds. The number of Topliss-reactive ketones (excluding diaryl/α,β-unsaturated/α-hetero) is 1. The van der Waals surface area contributed by atoms with Gasteiger partial charge in [-0.15, -0.1) is 0 Å². The lowest BCUT2D eigenvalue weighted by molar-refractivity contribution is -0.115. The Morgan fingerprint density at radius 2 is 1.86 bits per heavy atom. The normalized spacial score (nSPS) is 35.0. The maximum absolute atomic E-state index is 12.0. The van der Waals surface area contributed by atoms with Crippen molar-refractivity contribution in [2.75, 3.05) is 0 Å². The molecule has 3 fully saturated rings. The Kier molecular flexibility index (Phi) is 7.05. The van der Waals surface area contributed by atoms with E-state index in [1.165, 1.54) is 56.9 Å². The van der Waals surface area contributed by atoms with E-state index >= 15 is 0 Å². The van der Waals surface area contributed by atoms with E-state index in [9.17, 15) is 4.79 Å². The fourth-order valence-electron chi connectivity index (χ4n) is 6.58. The van der Waals surface area contributed by atoms with Crippen molar-refractivity contribution in [2.45, 2.75) is 98.3 Å². The maximum Gasteiger partial charge on any atom is 0.162 e. The predicted octanol–water partition coefficient (Wildman–Crippen LogP) is 7.83. The van der Waals surface area contributed by atoms with Crippen LogP contribution in [-0.4, -0.2) is 5.78 Å². The van der Waals surface area contributed by atoms with Crippen molar-refractivity contribution < 1.29 is 4.79 Å². The minimum absolute atomic E-state index is 0.250. The van der Waals surface area contributed by atoms with E-state index in [1.807, 2.05) is 0 Å². The van der Waals surface area contributed by atoms with Gasteiger partial charge in [-0.1, -0.05) is 71.3 Å². The van der Waals surface area contributed by atoms with Crippen LogP contribution in [-0.2, 0) is 4.79 Å². The van der Waals surface area contributed by atoms with Crippen molar-refractivity contribution in [1.82, 2.24) is 0 Å². The molecule has 0 aromatic rings. The largest absolute Gasteiger partial charge is 0.294 e. The third-order valence-electron chi connectivity index (χ3n) is 8.24. The molecule has 4 unspecified atom stereocenters. The molecule has 4 atom stereocenters. The maximum atomic E-state index is 12.0. The molecule has 0 heterocycles. The molecule has 3 aliphatic carbocycles. The molecule has 0 aromatic carbocycles. The average molecular weight is 383 g/mol. The molecular formula is C27H42O. The van der Waals surface area contributed by atoms with Gasteiger partial charge in [-0.25, -0.2) is 0 Å². The first-order chi connectivity index (χ1) is 13.3. The van der Waals surface area contributed by atoms with Gasteiger partial charge < -0.3 is 0 Å². The van der Waals surface area contributed by atoms with Gasteiger partial charge in [0.15, 0.2) is 5.78 Å². The summed E-state index contributed by atoms with van der Waals surface area (Å²) in [6, 6.07) is 0. The van der Waals surface area contributed by atoms with Crippen LogP contribution < -0.4 is 0 Å². The van der Waals surface area contributed by atoms with Crippen LogP contribution in [0.25, 0.3) is 0 Å². The molecule has 1 heteroatoms. The Labute approximate surface area is 173 Å². The molecule has 3 rings (SSSR count). The second-order valence-corrected chi connectivity index (χ2v) is 10.6. The van der Waals surface area contributed by atoms with Crippen molar-refractivity contribution in [1.29, 1.82) is 0 Å². The van der Waals surface area contributed by atoms with E-state index in [-0.39, 0.29) is 5.78 Å². The lowest BCUT2D eigenvalue weighted by Gasteiger charge is -2.44. The topological polar surface area (TPSA) is 17.1 Å². The monoisotopic (exact) mass is 382 g/mol. The van der Waals surface area contributed by atoms with Gasteiger partial charge in [0.2, 0.25) is 0 Å². The Bertz CT molecular complexity index is 649. The molecule has 156 valence electrons. The van der Waals surface area contributed by atoms with Crippen molar-refractivity contribution in [3.63, 3.8) is 0 Å². The van der Waals surface area contributed by atoms with Crippen LogP contribution in [0.15, 0.2) is 35.5 Å². The molecule has 0 spiro atoms. The van der Waals surface area contributed by atoms with Gasteiger partial charge in [-0.3, -0.25) is 4.79 Å². The van der Waals surface area contributed by atoms with Crippen LogP contribution in [0.1, 0.15) is 98.3 Å². The molecule has 0 aromatic heterocycles. The van der Waals surface area contributed by atoms with Crippen molar-refractivity contribution in [3.05, 3.63) is 35.5 Å². The molecule has 0 saturated heterocycles. The third-order valence-corrected chi connectivity index (χ3v) is 8.24. The molecule has 3 saturated carbocycles. The summed E-state index contributed by atoms with van der Waals surface area (Å²) >= 11 is 0. The zero-order chi connectivity index (χ0) is 20.3. The van der Waals surface area contributed by atoms with Crippen molar-refractivity contribution in [3.8, 4) is 0 Å². The summed E-state index contributed by atoms with van der Waals surface area (Å²) in [5, 5.41) is 0. The van der Waals surface area contributed by atoms with E-state index in [1.54, 1.807) is 5.57 Å². The van der Waals surface area contributed by atoms with E-state index in [2.05, 4.69) is 46.4 Å². The minimum atomic E-state index is 0.250. The molecule has 0 aliphatic heterocycles. The van der Waals surface area contributed by atoms with Gasteiger partial charge >= 0.3 is 0 Å². The summed E-state index contributed by atoms with van der Waals surface area (Å²) < 4.78 is 0. The summed E-state index contributed by atoms with van der Waals surface area (Å²) in [5.74, 6) is 3.57. The molecule has 0 radical (unpaired) electrons. The quantitative estimate of drug-likeness (QED) is 0.428. The fourth-order valence-corrected chi connectivity index (χ4v) is 6.58. The Morgan fingerprint density at radius 3 is 2.61 bits per heavy atom. The summed E-state index contributed by atoms with van der Waals surface area (Å²) in [4.78, 5) is 12.0. The number of fused-ring (bicyclic) bond motifs is 1. The predicted molar refractivity (Wildman–Crippen MR) is 120 cm³/mol. The molecule has 3 aliphatic rings. The number of allylic oxidation sites excluding steroid dienone is 5. The summed E-state index contributed by atoms with van der Waals surface area (Å²) in [5.41, 5.74) is 4.10. The zero-order valence-electron chi connectivity index (χ0n) is 18.9. The van der Waals surface area contributed by atoms with Crippen LogP contribution >= 0.6 is 0 Å². The van der Waals surface area contributed by atoms with Crippen LogP contribution in [0.3, 0.4) is 0 Å². The number of carbonyl (C=O) groups is 1. The standard InChI is InChI=1S/C27H42O/c1-19(2)9-6-10-20(3)24-16-17-25-23(12-8-18-27(24,25)5)15-14-22-11-7-13-26(28)21(22)4/h14-15,19-20,24-25H,4,6-13,16-18H2,1-3,5H3/b22-14-,23-15+. The molecule has 0 N–H and O–H groups in total. The van der Waals surface area contributed by atoms with Crippen molar-refractivity contribution in [2.24, 2.45) is 29.1 Å². The highest BCUT2D eigenvalue weighted by molar-refractivity contribution is 5.99. The zero-order valence-corrected chi connectivity index (χ0v) is 18.9. The summed E-state index contributed by atoms with van der Waals surface area (Å²) in [7, 11) is 0. The number of hydrogen-bond acceptors (Lipinski definition) is 1. The van der Waals surface area contributed by atoms with Gasteiger partial charge in [0.1, 0.15) is 0 Å². The van der Waals surface area contributed by atoms with Gasteiger partial charge in [0, 0.05) is 12.0 Å². The van der Waals surface area contributed by atoms with Gasteiger partial charge in [0.25, 0.3) is 0 Å². The van der Waals surface area contributed by atoms with E-state index in [4.69, 9.17) is 0 Å². The Hall–Kier alpha value is -1.11. The van der Waals surface area contributed by atoms with Crippen LogP contribution in [0.4, 0.5) is 0 Å². The molecule has 28 heavy (non-hydrogen) atoms. The average Bonchev–Trinajstić information content (AvgIpc) is 3.00. The Balaban J connectivity index is 1.71. The number of carbonyl (C=O) groups excluding carboxylic acids is 1. The van der Waals surface area contributed by atoms with Gasteiger partial charge in [0.05, 0.1) is 0 Å². The smallest absolute Gasteiger partial charge is 0.162 e. The number of hydrogen-bond donors (Lipinski definition) is 0. The first-order valence-electron chi connectivity index (χ1n) is 11.9. The lowest BCUT2D eigenvalue weighted by atomic mass is 9.60. The van der Waals surface area contributed by atoms with E-state index in [0.717, 1.165) is 42.1 Å². The van der Waals surface area contributed by atoms with E-state index in [0.29, 0.717) is 11.8 Å². The fraction of sp³-hybridized carbons (Fsp3) is 0.741. The highest BCUT2D eigenvalue weighted by atomic mass is 16.1. The Morgan fingerprint density at radius 1 is 1.07 bits per heavy atom. The molecule has 0 bridgehead atoms. The van der Waals surface area contributed by atoms with E-state index < -0.39 is 0 Å². The number of rotatable bonds is 6. The first-order valence-corrected chi connectivity index (χ1v) is 11.9. The van der Waals surface area contributed by atoms with Gasteiger partial charge in [-0.2, -0.15) is 0 Å². The third kappa shape index (κ3) is 4.55. The highest BCUT2D eigenvalue weighted by Crippen LogP contribution is 2.59. The van der Waals surface area contributed by atoms with Crippen LogP contribution in [0, 0.1) is 29.1 Å².